The number of rotatable bonds is 6. The van der Waals surface area contributed by atoms with Gasteiger partial charge in [-0.05, 0) is 37.1 Å². The molecular weight excluding hydrogens is 464 g/mol. The Kier molecular flexibility index (Phi) is 8.64. The molecule has 10 nitrogen and oxygen atoms in total. The van der Waals surface area contributed by atoms with E-state index in [1.165, 1.54) is 9.80 Å². The molecule has 190 valence electrons. The van der Waals surface area contributed by atoms with Crippen LogP contribution in [-0.4, -0.2) is 72.2 Å². The standard InChI is InChI=1S/C26H30N4O6/c31-23(35-25(33)29(21-11-13-27-15-21)17-19-7-3-1-4-8-19)24(32)36-26(34)30(22-12-14-28-16-22)18-20-9-5-2-6-10-20/h1-10,21-22,27-28H,11-18H2. The maximum Gasteiger partial charge on any atom is 0.426 e. The SMILES string of the molecule is O=C(OC(=O)N(Cc1ccccc1)C1CCNC1)C(=O)OC(=O)N(Cc1ccccc1)C1CCNC1. The summed E-state index contributed by atoms with van der Waals surface area (Å²) >= 11 is 0. The van der Waals surface area contributed by atoms with Crippen molar-refractivity contribution in [2.75, 3.05) is 26.2 Å². The third-order valence-electron chi connectivity index (χ3n) is 6.34. The third kappa shape index (κ3) is 6.67. The maximum absolute atomic E-state index is 12.9. The molecular formula is C26H30N4O6. The van der Waals surface area contributed by atoms with Crippen LogP contribution in [0.25, 0.3) is 0 Å². The van der Waals surface area contributed by atoms with Crippen molar-refractivity contribution in [3.05, 3.63) is 71.8 Å². The van der Waals surface area contributed by atoms with Gasteiger partial charge in [0, 0.05) is 38.3 Å². The fourth-order valence-corrected chi connectivity index (χ4v) is 4.42. The van der Waals surface area contributed by atoms with Crippen molar-refractivity contribution < 1.29 is 28.7 Å². The maximum atomic E-state index is 12.9. The molecule has 10 heteroatoms. The zero-order valence-electron chi connectivity index (χ0n) is 19.9. The lowest BCUT2D eigenvalue weighted by molar-refractivity contribution is -0.161. The molecule has 2 aliphatic heterocycles. The van der Waals surface area contributed by atoms with E-state index < -0.39 is 24.1 Å². The summed E-state index contributed by atoms with van der Waals surface area (Å²) in [4.78, 5) is 53.4. The summed E-state index contributed by atoms with van der Waals surface area (Å²) in [5.74, 6) is -3.05. The van der Waals surface area contributed by atoms with Crippen molar-refractivity contribution in [1.82, 2.24) is 20.4 Å². The quantitative estimate of drug-likeness (QED) is 0.356. The molecule has 0 aromatic heterocycles. The highest BCUT2D eigenvalue weighted by atomic mass is 16.7. The predicted octanol–water partition coefficient (Wildman–Crippen LogP) is 2.04. The number of carbonyl (C=O) groups is 4. The Balaban J connectivity index is 1.38. The van der Waals surface area contributed by atoms with Gasteiger partial charge in [-0.1, -0.05) is 60.7 Å². The van der Waals surface area contributed by atoms with Crippen molar-refractivity contribution in [2.24, 2.45) is 0 Å². The van der Waals surface area contributed by atoms with E-state index in [1.807, 2.05) is 60.7 Å². The molecule has 2 atom stereocenters. The van der Waals surface area contributed by atoms with Gasteiger partial charge < -0.3 is 20.1 Å². The molecule has 2 unspecified atom stereocenters. The van der Waals surface area contributed by atoms with E-state index in [-0.39, 0.29) is 25.2 Å². The molecule has 2 heterocycles. The minimum atomic E-state index is -1.53. The summed E-state index contributed by atoms with van der Waals surface area (Å²) in [7, 11) is 0. The molecule has 0 spiro atoms. The fraction of sp³-hybridized carbons (Fsp3) is 0.385. The smallest absolute Gasteiger partial charge is 0.367 e. The van der Waals surface area contributed by atoms with Gasteiger partial charge in [-0.25, -0.2) is 19.2 Å². The van der Waals surface area contributed by atoms with Gasteiger partial charge in [0.1, 0.15) is 0 Å². The van der Waals surface area contributed by atoms with Crippen LogP contribution in [0.5, 0.6) is 0 Å². The van der Waals surface area contributed by atoms with Crippen LogP contribution >= 0.6 is 0 Å². The van der Waals surface area contributed by atoms with Crippen molar-refractivity contribution in [1.29, 1.82) is 0 Å². The molecule has 2 aliphatic rings. The number of ether oxygens (including phenoxy) is 2. The highest BCUT2D eigenvalue weighted by molar-refractivity contribution is 6.33. The highest BCUT2D eigenvalue weighted by Gasteiger charge is 2.34. The Morgan fingerprint density at radius 3 is 1.39 bits per heavy atom. The van der Waals surface area contributed by atoms with Gasteiger partial charge >= 0.3 is 24.1 Å². The second-order valence-electron chi connectivity index (χ2n) is 8.83. The van der Waals surface area contributed by atoms with Crippen LogP contribution in [0.2, 0.25) is 0 Å². The number of amides is 2. The number of benzene rings is 2. The van der Waals surface area contributed by atoms with Gasteiger partial charge in [0.15, 0.2) is 0 Å². The summed E-state index contributed by atoms with van der Waals surface area (Å²) in [6, 6.07) is 18.2. The van der Waals surface area contributed by atoms with E-state index in [0.717, 1.165) is 24.2 Å². The summed E-state index contributed by atoms with van der Waals surface area (Å²) in [6.07, 6.45) is -0.544. The molecule has 2 saturated heterocycles. The molecule has 2 N–H and O–H groups in total. The summed E-state index contributed by atoms with van der Waals surface area (Å²) < 4.78 is 9.69. The van der Waals surface area contributed by atoms with Crippen LogP contribution in [0.4, 0.5) is 9.59 Å². The van der Waals surface area contributed by atoms with Crippen LogP contribution in [0, 0.1) is 0 Å². The molecule has 0 bridgehead atoms. The van der Waals surface area contributed by atoms with Crippen molar-refractivity contribution in [3.8, 4) is 0 Å². The molecule has 2 amide bonds. The van der Waals surface area contributed by atoms with Crippen molar-refractivity contribution in [2.45, 2.75) is 38.0 Å². The molecule has 2 aromatic carbocycles. The van der Waals surface area contributed by atoms with E-state index in [1.54, 1.807) is 0 Å². The van der Waals surface area contributed by atoms with E-state index in [4.69, 9.17) is 9.47 Å². The van der Waals surface area contributed by atoms with Gasteiger partial charge in [0.2, 0.25) is 0 Å². The molecule has 36 heavy (non-hydrogen) atoms. The third-order valence-corrected chi connectivity index (χ3v) is 6.34. The first kappa shape index (κ1) is 25.3. The number of esters is 2. The lowest BCUT2D eigenvalue weighted by Gasteiger charge is -2.28. The lowest BCUT2D eigenvalue weighted by atomic mass is 10.1. The minimum Gasteiger partial charge on any atom is -0.367 e. The average Bonchev–Trinajstić information content (AvgIpc) is 3.62. The normalized spacial score (nSPS) is 18.9. The Hall–Kier alpha value is -3.76. The molecule has 0 saturated carbocycles. The first-order chi connectivity index (χ1) is 17.5. The predicted molar refractivity (Wildman–Crippen MR) is 129 cm³/mol. The van der Waals surface area contributed by atoms with Gasteiger partial charge in [-0.15, -0.1) is 0 Å². The molecule has 0 aliphatic carbocycles. The van der Waals surface area contributed by atoms with Crippen LogP contribution in [-0.2, 0) is 32.2 Å². The number of carbonyl (C=O) groups excluding carboxylic acids is 4. The average molecular weight is 495 g/mol. The van der Waals surface area contributed by atoms with Crippen molar-refractivity contribution >= 4 is 24.1 Å². The molecule has 2 fully saturated rings. The first-order valence-electron chi connectivity index (χ1n) is 12.1. The summed E-state index contributed by atoms with van der Waals surface area (Å²) in [6.45, 7) is 2.97. The van der Waals surface area contributed by atoms with E-state index in [2.05, 4.69) is 10.6 Å². The van der Waals surface area contributed by atoms with Crippen LogP contribution < -0.4 is 10.6 Å². The number of hydrogen-bond donors (Lipinski definition) is 2. The minimum absolute atomic E-state index is 0.195. The summed E-state index contributed by atoms with van der Waals surface area (Å²) in [5.41, 5.74) is 1.71. The van der Waals surface area contributed by atoms with E-state index >= 15 is 0 Å². The Labute approximate surface area is 209 Å². The topological polar surface area (TPSA) is 117 Å². The first-order valence-corrected chi connectivity index (χ1v) is 12.1. The largest absolute Gasteiger partial charge is 0.426 e. The van der Waals surface area contributed by atoms with Gasteiger partial charge in [0.25, 0.3) is 0 Å². The fourth-order valence-electron chi connectivity index (χ4n) is 4.42. The Morgan fingerprint density at radius 2 is 1.06 bits per heavy atom. The zero-order chi connectivity index (χ0) is 25.3. The second-order valence-corrected chi connectivity index (χ2v) is 8.83. The van der Waals surface area contributed by atoms with Gasteiger partial charge in [-0.2, -0.15) is 0 Å². The number of hydrogen-bond acceptors (Lipinski definition) is 8. The molecule has 0 radical (unpaired) electrons. The van der Waals surface area contributed by atoms with Crippen molar-refractivity contribution in [3.63, 3.8) is 0 Å². The van der Waals surface area contributed by atoms with Crippen LogP contribution in [0.3, 0.4) is 0 Å². The van der Waals surface area contributed by atoms with Gasteiger partial charge in [0.05, 0.1) is 0 Å². The van der Waals surface area contributed by atoms with Gasteiger partial charge in [-0.3, -0.25) is 9.80 Å². The monoisotopic (exact) mass is 494 g/mol. The van der Waals surface area contributed by atoms with E-state index in [9.17, 15) is 19.2 Å². The Bertz CT molecular complexity index is 967. The lowest BCUT2D eigenvalue weighted by Crippen LogP contribution is -2.45. The molecule has 4 rings (SSSR count). The van der Waals surface area contributed by atoms with Crippen LogP contribution in [0.1, 0.15) is 24.0 Å². The van der Waals surface area contributed by atoms with Crippen LogP contribution in [0.15, 0.2) is 60.7 Å². The number of nitrogens with one attached hydrogen (secondary N) is 2. The second kappa shape index (κ2) is 12.3. The zero-order valence-corrected chi connectivity index (χ0v) is 19.9. The Morgan fingerprint density at radius 1 is 0.667 bits per heavy atom. The van der Waals surface area contributed by atoms with E-state index in [0.29, 0.717) is 25.9 Å². The highest BCUT2D eigenvalue weighted by Crippen LogP contribution is 2.17. The molecule has 2 aromatic rings. The number of nitrogens with zero attached hydrogens (tertiary/aromatic N) is 2. The summed E-state index contributed by atoms with van der Waals surface area (Å²) in [5, 5.41) is 6.35.